The van der Waals surface area contributed by atoms with Gasteiger partial charge in [-0.1, -0.05) is 30.3 Å². The highest BCUT2D eigenvalue weighted by Gasteiger charge is 2.13. The van der Waals surface area contributed by atoms with Gasteiger partial charge in [-0.15, -0.1) is 11.8 Å². The Morgan fingerprint density at radius 1 is 1.00 bits per heavy atom. The van der Waals surface area contributed by atoms with Crippen LogP contribution < -0.4 is 5.32 Å². The van der Waals surface area contributed by atoms with Gasteiger partial charge in [-0.25, -0.2) is 0 Å². The minimum atomic E-state index is -0.0411. The maximum absolute atomic E-state index is 12.3. The Kier molecular flexibility index (Phi) is 7.73. The minimum Gasteiger partial charge on any atom is -0.339 e. The molecule has 1 N–H and O–H groups in total. The van der Waals surface area contributed by atoms with Crippen LogP contribution in [-0.4, -0.2) is 35.6 Å². The van der Waals surface area contributed by atoms with Gasteiger partial charge in [0.25, 0.3) is 5.91 Å². The van der Waals surface area contributed by atoms with Gasteiger partial charge in [0.05, 0.1) is 5.75 Å². The van der Waals surface area contributed by atoms with Gasteiger partial charge in [0.15, 0.2) is 0 Å². The smallest absolute Gasteiger partial charge is 0.253 e. The predicted octanol–water partition coefficient (Wildman–Crippen LogP) is 4.60. The molecule has 138 valence electrons. The zero-order valence-electron chi connectivity index (χ0n) is 15.6. The summed E-state index contributed by atoms with van der Waals surface area (Å²) in [6.07, 6.45) is 0. The molecule has 1 atom stereocenters. The molecule has 0 saturated carbocycles. The van der Waals surface area contributed by atoms with Crippen molar-refractivity contribution >= 4 is 29.3 Å². The summed E-state index contributed by atoms with van der Waals surface area (Å²) in [5, 5.41) is 3.15. The monoisotopic (exact) mass is 370 g/mol. The second-order valence-corrected chi connectivity index (χ2v) is 7.30. The molecule has 0 unspecified atom stereocenters. The van der Waals surface area contributed by atoms with Crippen molar-refractivity contribution in [3.8, 4) is 0 Å². The average Bonchev–Trinajstić information content (AvgIpc) is 2.68. The lowest BCUT2D eigenvalue weighted by atomic mass is 10.2. The highest BCUT2D eigenvalue weighted by atomic mass is 32.2. The quantitative estimate of drug-likeness (QED) is 0.739. The molecule has 2 aromatic carbocycles. The fourth-order valence-electron chi connectivity index (χ4n) is 2.61. The molecule has 0 heterocycles. The summed E-state index contributed by atoms with van der Waals surface area (Å²) in [5.41, 5.74) is 2.56. The van der Waals surface area contributed by atoms with Crippen LogP contribution in [0.2, 0.25) is 0 Å². The van der Waals surface area contributed by atoms with E-state index in [9.17, 15) is 9.59 Å². The van der Waals surface area contributed by atoms with Crippen molar-refractivity contribution in [2.24, 2.45) is 0 Å². The summed E-state index contributed by atoms with van der Waals surface area (Å²) in [6.45, 7) is 7.39. The van der Waals surface area contributed by atoms with E-state index in [2.05, 4.69) is 24.4 Å². The lowest BCUT2D eigenvalue weighted by molar-refractivity contribution is -0.113. The van der Waals surface area contributed by atoms with Crippen molar-refractivity contribution in [2.45, 2.75) is 26.0 Å². The number of anilines is 1. The van der Waals surface area contributed by atoms with Gasteiger partial charge < -0.3 is 10.2 Å². The van der Waals surface area contributed by atoms with Crippen LogP contribution in [0.3, 0.4) is 0 Å². The lowest BCUT2D eigenvalue weighted by Crippen LogP contribution is -2.30. The molecule has 0 spiro atoms. The summed E-state index contributed by atoms with van der Waals surface area (Å²) in [4.78, 5) is 26.2. The fourth-order valence-corrected chi connectivity index (χ4v) is 3.43. The van der Waals surface area contributed by atoms with E-state index < -0.39 is 0 Å². The zero-order valence-corrected chi connectivity index (χ0v) is 16.4. The molecule has 0 aromatic heterocycles. The molecule has 0 aliphatic carbocycles. The Labute approximate surface area is 160 Å². The van der Waals surface area contributed by atoms with Crippen molar-refractivity contribution in [2.75, 3.05) is 24.2 Å². The van der Waals surface area contributed by atoms with E-state index in [1.165, 1.54) is 5.56 Å². The molecular formula is C21H26N2O2S. The minimum absolute atomic E-state index is 0.0140. The topological polar surface area (TPSA) is 49.4 Å². The third kappa shape index (κ3) is 5.63. The Bertz CT molecular complexity index is 713. The number of nitrogens with one attached hydrogen (secondary N) is 1. The van der Waals surface area contributed by atoms with Gasteiger partial charge in [0.1, 0.15) is 0 Å². The van der Waals surface area contributed by atoms with Crippen LogP contribution in [0.25, 0.3) is 0 Å². The molecule has 0 bridgehead atoms. The SMILES string of the molecule is CCN(CC)C(=O)c1ccc(NC(=O)CS[C@H](C)c2ccccc2)cc1. The molecule has 2 amide bonds. The first-order valence-corrected chi connectivity index (χ1v) is 9.95. The Hall–Kier alpha value is -2.27. The molecule has 26 heavy (non-hydrogen) atoms. The first-order valence-electron chi connectivity index (χ1n) is 8.90. The predicted molar refractivity (Wildman–Crippen MR) is 110 cm³/mol. The Morgan fingerprint density at radius 3 is 2.19 bits per heavy atom. The number of amides is 2. The number of thioether (sulfide) groups is 1. The largest absolute Gasteiger partial charge is 0.339 e. The van der Waals surface area contributed by atoms with E-state index in [0.717, 1.165) is 0 Å². The number of carbonyl (C=O) groups is 2. The summed E-state index contributed by atoms with van der Waals surface area (Å²) in [5.74, 6) is 0.358. The van der Waals surface area contributed by atoms with Gasteiger partial charge in [0, 0.05) is 29.6 Å². The average molecular weight is 371 g/mol. The molecule has 2 rings (SSSR count). The Balaban J connectivity index is 1.86. The second kappa shape index (κ2) is 10.0. The maximum Gasteiger partial charge on any atom is 0.253 e. The van der Waals surface area contributed by atoms with Crippen LogP contribution in [0.15, 0.2) is 54.6 Å². The first-order chi connectivity index (χ1) is 12.5. The molecule has 4 nitrogen and oxygen atoms in total. The molecule has 0 saturated heterocycles. The van der Waals surface area contributed by atoms with E-state index in [1.807, 2.05) is 32.0 Å². The van der Waals surface area contributed by atoms with E-state index in [-0.39, 0.29) is 17.1 Å². The fraction of sp³-hybridized carbons (Fsp3) is 0.333. The summed E-state index contributed by atoms with van der Waals surface area (Å²) in [7, 11) is 0. The summed E-state index contributed by atoms with van der Waals surface area (Å²) >= 11 is 1.60. The van der Waals surface area contributed by atoms with E-state index in [0.29, 0.717) is 30.1 Å². The highest BCUT2D eigenvalue weighted by molar-refractivity contribution is 8.00. The number of benzene rings is 2. The first kappa shape index (κ1) is 20.0. The van der Waals surface area contributed by atoms with E-state index in [4.69, 9.17) is 0 Å². The number of hydrogen-bond acceptors (Lipinski definition) is 3. The normalized spacial score (nSPS) is 11.7. The summed E-state index contributed by atoms with van der Waals surface area (Å²) in [6, 6.07) is 17.2. The van der Waals surface area contributed by atoms with Crippen LogP contribution in [0, 0.1) is 0 Å². The van der Waals surface area contributed by atoms with Crippen LogP contribution in [0.4, 0.5) is 5.69 Å². The van der Waals surface area contributed by atoms with Gasteiger partial charge in [-0.3, -0.25) is 9.59 Å². The van der Waals surface area contributed by atoms with Gasteiger partial charge in [0.2, 0.25) is 5.91 Å². The molecule has 0 fully saturated rings. The van der Waals surface area contributed by atoms with Crippen LogP contribution >= 0.6 is 11.8 Å². The highest BCUT2D eigenvalue weighted by Crippen LogP contribution is 2.27. The van der Waals surface area contributed by atoms with E-state index in [1.54, 1.807) is 40.9 Å². The number of rotatable bonds is 8. The van der Waals surface area contributed by atoms with Crippen molar-refractivity contribution < 1.29 is 9.59 Å². The second-order valence-electron chi connectivity index (χ2n) is 5.97. The van der Waals surface area contributed by atoms with Crippen molar-refractivity contribution in [1.29, 1.82) is 0 Å². The molecule has 2 aromatic rings. The molecule has 0 aliphatic heterocycles. The summed E-state index contributed by atoms with van der Waals surface area (Å²) < 4.78 is 0. The van der Waals surface area contributed by atoms with Crippen LogP contribution in [0.1, 0.15) is 41.9 Å². The van der Waals surface area contributed by atoms with E-state index >= 15 is 0 Å². The zero-order chi connectivity index (χ0) is 18.9. The maximum atomic E-state index is 12.3. The van der Waals surface area contributed by atoms with Crippen molar-refractivity contribution in [3.63, 3.8) is 0 Å². The molecule has 0 radical (unpaired) electrons. The number of hydrogen-bond donors (Lipinski definition) is 1. The Morgan fingerprint density at radius 2 is 1.62 bits per heavy atom. The molecule has 0 aliphatic rings. The van der Waals surface area contributed by atoms with Crippen molar-refractivity contribution in [3.05, 3.63) is 65.7 Å². The van der Waals surface area contributed by atoms with Crippen molar-refractivity contribution in [1.82, 2.24) is 4.90 Å². The van der Waals surface area contributed by atoms with Crippen LogP contribution in [-0.2, 0) is 4.79 Å². The lowest BCUT2D eigenvalue weighted by Gasteiger charge is -2.18. The standard InChI is InChI=1S/C21H26N2O2S/c1-4-23(5-2)21(25)18-11-13-19(14-12-18)22-20(24)15-26-16(3)17-9-7-6-8-10-17/h6-14,16H,4-5,15H2,1-3H3,(H,22,24)/t16-/m1/s1. The van der Waals surface area contributed by atoms with Crippen LogP contribution in [0.5, 0.6) is 0 Å². The number of carbonyl (C=O) groups excluding carboxylic acids is 2. The third-order valence-electron chi connectivity index (χ3n) is 4.20. The number of nitrogens with zero attached hydrogens (tertiary/aromatic N) is 1. The van der Waals surface area contributed by atoms with Gasteiger partial charge in [-0.2, -0.15) is 0 Å². The third-order valence-corrected chi connectivity index (χ3v) is 5.40. The van der Waals surface area contributed by atoms with Gasteiger partial charge in [-0.05, 0) is 50.6 Å². The van der Waals surface area contributed by atoms with Gasteiger partial charge >= 0.3 is 0 Å². The molecular weight excluding hydrogens is 344 g/mol. The molecule has 5 heteroatoms.